The van der Waals surface area contributed by atoms with Crippen LogP contribution in [0.2, 0.25) is 0 Å². The Morgan fingerprint density at radius 3 is 2.75 bits per heavy atom. The summed E-state index contributed by atoms with van der Waals surface area (Å²) in [5, 5.41) is 8.93. The Hall–Kier alpha value is -2.64. The first-order chi connectivity index (χ1) is 13.7. The summed E-state index contributed by atoms with van der Waals surface area (Å²) in [7, 11) is 1.66. The van der Waals surface area contributed by atoms with Crippen molar-refractivity contribution in [2.24, 2.45) is 0 Å². The largest absolute Gasteiger partial charge is 0.497 e. The van der Waals surface area contributed by atoms with Crippen molar-refractivity contribution in [2.45, 2.75) is 18.9 Å². The van der Waals surface area contributed by atoms with Crippen molar-refractivity contribution >= 4 is 17.2 Å². The van der Waals surface area contributed by atoms with Crippen molar-refractivity contribution in [2.75, 3.05) is 26.7 Å². The van der Waals surface area contributed by atoms with Crippen molar-refractivity contribution in [1.82, 2.24) is 15.4 Å². The van der Waals surface area contributed by atoms with E-state index in [4.69, 9.17) is 9.26 Å². The summed E-state index contributed by atoms with van der Waals surface area (Å²) in [4.78, 5) is 16.0. The molecule has 1 N–H and O–H groups in total. The number of carbonyl (C=O) groups is 1. The molecule has 4 rings (SSSR count). The minimum atomic E-state index is -0.218. The maximum absolute atomic E-state index is 12.6. The fourth-order valence-corrected chi connectivity index (χ4v) is 4.21. The Bertz CT molecular complexity index is 899. The lowest BCUT2D eigenvalue weighted by Crippen LogP contribution is -2.36. The number of hydrogen-bond acceptors (Lipinski definition) is 6. The Morgan fingerprint density at radius 1 is 1.29 bits per heavy atom. The molecule has 7 heteroatoms. The fourth-order valence-electron chi connectivity index (χ4n) is 3.53. The van der Waals surface area contributed by atoms with Gasteiger partial charge in [-0.1, -0.05) is 23.4 Å². The Kier molecular flexibility index (Phi) is 5.73. The molecule has 0 radical (unpaired) electrons. The average molecular weight is 398 g/mol. The van der Waals surface area contributed by atoms with E-state index in [1.807, 2.05) is 29.6 Å². The fraction of sp³-hybridized carbons (Fsp3) is 0.333. The number of amides is 1. The third-order valence-corrected chi connectivity index (χ3v) is 5.93. The van der Waals surface area contributed by atoms with Gasteiger partial charge in [0.2, 0.25) is 0 Å². The van der Waals surface area contributed by atoms with E-state index in [0.29, 0.717) is 18.0 Å². The number of nitrogens with one attached hydrogen (secondary N) is 1. The van der Waals surface area contributed by atoms with Crippen molar-refractivity contribution < 1.29 is 14.1 Å². The molecular weight excluding hydrogens is 374 g/mol. The zero-order valence-corrected chi connectivity index (χ0v) is 16.6. The van der Waals surface area contributed by atoms with Gasteiger partial charge in [-0.2, -0.15) is 0 Å². The number of thiophene rings is 1. The molecule has 6 nitrogen and oxygen atoms in total. The number of methoxy groups -OCH3 is 1. The summed E-state index contributed by atoms with van der Waals surface area (Å²) >= 11 is 1.55. The van der Waals surface area contributed by atoms with Gasteiger partial charge < -0.3 is 14.6 Å². The van der Waals surface area contributed by atoms with Crippen molar-refractivity contribution in [3.8, 4) is 16.4 Å². The maximum Gasteiger partial charge on any atom is 0.273 e. The number of carbonyl (C=O) groups excluding carboxylic acids is 1. The number of aromatic nitrogens is 1. The van der Waals surface area contributed by atoms with E-state index >= 15 is 0 Å². The van der Waals surface area contributed by atoms with Crippen molar-refractivity contribution in [3.63, 3.8) is 0 Å². The summed E-state index contributed by atoms with van der Waals surface area (Å²) in [5.74, 6) is 1.23. The quantitative estimate of drug-likeness (QED) is 0.653. The van der Waals surface area contributed by atoms with E-state index in [0.717, 1.165) is 23.7 Å². The van der Waals surface area contributed by atoms with Gasteiger partial charge in [0.25, 0.3) is 5.91 Å². The van der Waals surface area contributed by atoms with Gasteiger partial charge in [-0.3, -0.25) is 9.69 Å². The highest BCUT2D eigenvalue weighted by Gasteiger charge is 2.25. The minimum absolute atomic E-state index is 0.126. The van der Waals surface area contributed by atoms with E-state index in [-0.39, 0.29) is 11.9 Å². The first-order valence-corrected chi connectivity index (χ1v) is 10.3. The molecule has 1 fully saturated rings. The van der Waals surface area contributed by atoms with Crippen LogP contribution < -0.4 is 10.1 Å². The van der Waals surface area contributed by atoms with E-state index in [2.05, 4.69) is 27.5 Å². The molecule has 1 aliphatic rings. The SMILES string of the molecule is COc1ccc([C@@H](CNC(=O)c2cc(-c3cccs3)on2)N2CCCC2)cc1. The lowest BCUT2D eigenvalue weighted by molar-refractivity contribution is 0.0929. The normalized spacial score (nSPS) is 15.5. The molecule has 3 aromatic rings. The first kappa shape index (κ1) is 18.7. The second kappa shape index (κ2) is 8.58. The van der Waals surface area contributed by atoms with E-state index in [1.54, 1.807) is 24.5 Å². The van der Waals surface area contributed by atoms with Crippen LogP contribution in [-0.2, 0) is 0 Å². The Labute approximate surface area is 168 Å². The molecule has 28 heavy (non-hydrogen) atoms. The molecule has 1 saturated heterocycles. The van der Waals surface area contributed by atoms with E-state index < -0.39 is 0 Å². The zero-order chi connectivity index (χ0) is 19.3. The van der Waals surface area contributed by atoms with Crippen LogP contribution in [0.1, 0.15) is 34.9 Å². The number of benzene rings is 1. The molecule has 1 aliphatic heterocycles. The number of likely N-dealkylation sites (tertiary alicyclic amines) is 1. The lowest BCUT2D eigenvalue weighted by Gasteiger charge is -2.28. The molecule has 2 aromatic heterocycles. The summed E-state index contributed by atoms with van der Waals surface area (Å²) in [5.41, 5.74) is 1.47. The minimum Gasteiger partial charge on any atom is -0.497 e. The standard InChI is InChI=1S/C21H23N3O3S/c1-26-16-8-6-15(7-9-16)18(24-10-2-3-11-24)14-22-21(25)17-13-19(27-23-17)20-5-4-12-28-20/h4-9,12-13,18H,2-3,10-11,14H2,1H3,(H,22,25)/t18-/m1/s1. The maximum atomic E-state index is 12.6. The van der Waals surface area contributed by atoms with Crippen LogP contribution in [0.5, 0.6) is 5.75 Å². The van der Waals surface area contributed by atoms with Crippen LogP contribution in [0.15, 0.2) is 52.4 Å². The van der Waals surface area contributed by atoms with Gasteiger partial charge in [0, 0.05) is 12.6 Å². The highest BCUT2D eigenvalue weighted by atomic mass is 32.1. The molecule has 0 unspecified atom stereocenters. The summed E-state index contributed by atoms with van der Waals surface area (Å²) in [6, 6.07) is 13.8. The van der Waals surface area contributed by atoms with Crippen molar-refractivity contribution in [3.05, 3.63) is 59.1 Å². The summed E-state index contributed by atoms with van der Waals surface area (Å²) in [6.45, 7) is 2.60. The van der Waals surface area contributed by atoms with Crippen LogP contribution >= 0.6 is 11.3 Å². The van der Waals surface area contributed by atoms with Gasteiger partial charge >= 0.3 is 0 Å². The van der Waals surface area contributed by atoms with Crippen LogP contribution in [0.3, 0.4) is 0 Å². The van der Waals surface area contributed by atoms with Gasteiger partial charge in [-0.15, -0.1) is 11.3 Å². The molecule has 0 saturated carbocycles. The third kappa shape index (κ3) is 4.10. The molecule has 1 amide bonds. The highest BCUT2D eigenvalue weighted by Crippen LogP contribution is 2.27. The smallest absolute Gasteiger partial charge is 0.273 e. The molecule has 1 atom stereocenters. The summed E-state index contributed by atoms with van der Waals surface area (Å²) < 4.78 is 10.6. The molecule has 1 aromatic carbocycles. The monoisotopic (exact) mass is 397 g/mol. The van der Waals surface area contributed by atoms with Gasteiger partial charge in [-0.25, -0.2) is 0 Å². The van der Waals surface area contributed by atoms with Gasteiger partial charge in [0.05, 0.1) is 18.0 Å². The highest BCUT2D eigenvalue weighted by molar-refractivity contribution is 7.13. The van der Waals surface area contributed by atoms with Gasteiger partial charge in [0.15, 0.2) is 11.5 Å². The second-order valence-electron chi connectivity index (χ2n) is 6.80. The Balaban J connectivity index is 1.45. The topological polar surface area (TPSA) is 67.6 Å². The number of rotatable bonds is 7. The molecule has 0 bridgehead atoms. The third-order valence-electron chi connectivity index (χ3n) is 5.04. The van der Waals surface area contributed by atoms with Crippen molar-refractivity contribution in [1.29, 1.82) is 0 Å². The molecule has 0 spiro atoms. The van der Waals surface area contributed by atoms with Crippen LogP contribution in [0.25, 0.3) is 10.6 Å². The predicted molar refractivity (Wildman–Crippen MR) is 109 cm³/mol. The van der Waals surface area contributed by atoms with E-state index in [9.17, 15) is 4.79 Å². The van der Waals surface area contributed by atoms with Gasteiger partial charge in [-0.05, 0) is 55.1 Å². The van der Waals surface area contributed by atoms with E-state index in [1.165, 1.54) is 18.4 Å². The van der Waals surface area contributed by atoms with Crippen LogP contribution in [0, 0.1) is 0 Å². The summed E-state index contributed by atoms with van der Waals surface area (Å²) in [6.07, 6.45) is 2.38. The average Bonchev–Trinajstić information content (AvgIpc) is 3.50. The molecule has 146 valence electrons. The first-order valence-electron chi connectivity index (χ1n) is 9.41. The second-order valence-corrected chi connectivity index (χ2v) is 7.74. The number of ether oxygens (including phenoxy) is 1. The zero-order valence-electron chi connectivity index (χ0n) is 15.8. The molecular formula is C21H23N3O3S. The number of hydrogen-bond donors (Lipinski definition) is 1. The number of nitrogens with zero attached hydrogens (tertiary/aromatic N) is 2. The predicted octanol–water partition coefficient (Wildman–Crippen LogP) is 3.98. The Morgan fingerprint density at radius 2 is 2.07 bits per heavy atom. The van der Waals surface area contributed by atoms with Crippen LogP contribution in [0.4, 0.5) is 0 Å². The molecule has 3 heterocycles. The van der Waals surface area contributed by atoms with Crippen LogP contribution in [-0.4, -0.2) is 42.7 Å². The lowest BCUT2D eigenvalue weighted by atomic mass is 10.1. The van der Waals surface area contributed by atoms with Gasteiger partial charge in [0.1, 0.15) is 5.75 Å². The molecule has 0 aliphatic carbocycles.